The summed E-state index contributed by atoms with van der Waals surface area (Å²) in [6, 6.07) is 5.60. The summed E-state index contributed by atoms with van der Waals surface area (Å²) in [6.07, 6.45) is 1.12. The van der Waals surface area contributed by atoms with Crippen LogP contribution in [-0.4, -0.2) is 24.0 Å². The van der Waals surface area contributed by atoms with Crippen molar-refractivity contribution in [3.63, 3.8) is 0 Å². The van der Waals surface area contributed by atoms with Crippen LogP contribution in [0.4, 0.5) is 5.69 Å². The molecule has 1 amide bonds. The van der Waals surface area contributed by atoms with Crippen LogP contribution in [-0.2, 0) is 0 Å². The third-order valence-corrected chi connectivity index (χ3v) is 3.57. The highest BCUT2D eigenvalue weighted by atomic mass is 32.2. The highest BCUT2D eigenvalue weighted by Crippen LogP contribution is 2.18. The Bertz CT molecular complexity index is 380. The quantitative estimate of drug-likeness (QED) is 0.734. The molecule has 1 rings (SSSR count). The van der Waals surface area contributed by atoms with Gasteiger partial charge in [0.15, 0.2) is 0 Å². The maximum Gasteiger partial charge on any atom is 0.249 e. The molecule has 0 fully saturated rings. The van der Waals surface area contributed by atoms with Crippen molar-refractivity contribution in [1.29, 1.82) is 0 Å². The molecular formula is C13H20N2OS. The summed E-state index contributed by atoms with van der Waals surface area (Å²) >= 11 is 1.94. The number of carbonyl (C=O) groups is 1. The lowest BCUT2D eigenvalue weighted by Gasteiger charge is -2.11. The number of benzene rings is 1. The second-order valence-corrected chi connectivity index (χ2v) is 5.21. The van der Waals surface area contributed by atoms with E-state index in [9.17, 15) is 4.79 Å². The van der Waals surface area contributed by atoms with Gasteiger partial charge < -0.3 is 11.1 Å². The summed E-state index contributed by atoms with van der Waals surface area (Å²) in [5.74, 6) is 1.96. The molecule has 4 heteroatoms. The van der Waals surface area contributed by atoms with Crippen LogP contribution in [0.15, 0.2) is 18.2 Å². The second kappa shape index (κ2) is 7.22. The van der Waals surface area contributed by atoms with Crippen LogP contribution in [0, 0.1) is 6.92 Å². The fourth-order valence-corrected chi connectivity index (χ4v) is 2.27. The maximum atomic E-state index is 11.2. The zero-order valence-electron chi connectivity index (χ0n) is 10.5. The van der Waals surface area contributed by atoms with Crippen LogP contribution in [0.2, 0.25) is 0 Å². The molecule has 0 aliphatic heterocycles. The summed E-state index contributed by atoms with van der Waals surface area (Å²) in [7, 11) is 0. The molecule has 3 nitrogen and oxygen atoms in total. The zero-order valence-corrected chi connectivity index (χ0v) is 11.3. The van der Waals surface area contributed by atoms with Gasteiger partial charge in [-0.1, -0.05) is 13.0 Å². The van der Waals surface area contributed by atoms with Crippen molar-refractivity contribution >= 4 is 23.4 Å². The van der Waals surface area contributed by atoms with E-state index < -0.39 is 0 Å². The summed E-state index contributed by atoms with van der Waals surface area (Å²) < 4.78 is 0. The van der Waals surface area contributed by atoms with Crippen molar-refractivity contribution in [2.75, 3.05) is 23.4 Å². The fraction of sp³-hybridized carbons (Fsp3) is 0.462. The first-order valence-electron chi connectivity index (χ1n) is 5.87. The van der Waals surface area contributed by atoms with E-state index in [0.29, 0.717) is 5.56 Å². The van der Waals surface area contributed by atoms with E-state index in [1.165, 1.54) is 0 Å². The van der Waals surface area contributed by atoms with E-state index in [1.54, 1.807) is 6.07 Å². The van der Waals surface area contributed by atoms with E-state index in [-0.39, 0.29) is 5.91 Å². The molecule has 0 atom stereocenters. The van der Waals surface area contributed by atoms with Gasteiger partial charge in [-0.25, -0.2) is 0 Å². The zero-order chi connectivity index (χ0) is 12.7. The van der Waals surface area contributed by atoms with Gasteiger partial charge in [0.05, 0.1) is 0 Å². The summed E-state index contributed by atoms with van der Waals surface area (Å²) in [4.78, 5) is 11.2. The average Bonchev–Trinajstić information content (AvgIpc) is 2.30. The Morgan fingerprint density at radius 2 is 2.24 bits per heavy atom. The number of anilines is 1. The normalized spacial score (nSPS) is 10.2. The first kappa shape index (κ1) is 13.9. The third-order valence-electron chi connectivity index (χ3n) is 2.58. The highest BCUT2D eigenvalue weighted by molar-refractivity contribution is 7.99. The standard InChI is InChI=1S/C13H20N2OS/c1-3-17-9-5-8-15-12-7-4-6-11(10(12)2)13(14)16/h4,6-7,15H,3,5,8-9H2,1-2H3,(H2,14,16). The van der Waals surface area contributed by atoms with Gasteiger partial charge in [0.25, 0.3) is 0 Å². The first-order valence-corrected chi connectivity index (χ1v) is 7.03. The number of rotatable bonds is 7. The molecule has 1 aromatic carbocycles. The van der Waals surface area contributed by atoms with E-state index in [4.69, 9.17) is 5.73 Å². The first-order chi connectivity index (χ1) is 8.16. The molecule has 0 saturated carbocycles. The lowest BCUT2D eigenvalue weighted by atomic mass is 10.1. The van der Waals surface area contributed by atoms with Crippen LogP contribution >= 0.6 is 11.8 Å². The lowest BCUT2D eigenvalue weighted by molar-refractivity contribution is 0.1000. The monoisotopic (exact) mass is 252 g/mol. The van der Waals surface area contributed by atoms with Crippen molar-refractivity contribution < 1.29 is 4.79 Å². The van der Waals surface area contributed by atoms with Crippen LogP contribution in [0.25, 0.3) is 0 Å². The molecular weight excluding hydrogens is 232 g/mol. The number of hydrogen-bond donors (Lipinski definition) is 2. The minimum atomic E-state index is -0.368. The molecule has 0 heterocycles. The van der Waals surface area contributed by atoms with E-state index in [1.807, 2.05) is 30.8 Å². The Balaban J connectivity index is 2.54. The molecule has 0 bridgehead atoms. The molecule has 17 heavy (non-hydrogen) atoms. The molecule has 0 unspecified atom stereocenters. The number of carbonyl (C=O) groups excluding carboxylic acids is 1. The summed E-state index contributed by atoms with van der Waals surface area (Å²) in [5.41, 5.74) is 7.84. The van der Waals surface area contributed by atoms with Crippen molar-refractivity contribution in [1.82, 2.24) is 0 Å². The molecule has 0 radical (unpaired) electrons. The van der Waals surface area contributed by atoms with Gasteiger partial charge in [0.1, 0.15) is 0 Å². The van der Waals surface area contributed by atoms with Crippen LogP contribution in [0.1, 0.15) is 29.3 Å². The lowest BCUT2D eigenvalue weighted by Crippen LogP contribution is -2.14. The number of primary amides is 1. The SMILES string of the molecule is CCSCCCNc1cccc(C(N)=O)c1C. The predicted octanol–water partition coefficient (Wildman–Crippen LogP) is 2.65. The number of nitrogens with two attached hydrogens (primary N) is 1. The van der Waals surface area contributed by atoms with Crippen molar-refractivity contribution in [2.45, 2.75) is 20.3 Å². The smallest absolute Gasteiger partial charge is 0.249 e. The molecule has 3 N–H and O–H groups in total. The molecule has 0 aliphatic carbocycles. The topological polar surface area (TPSA) is 55.1 Å². The van der Waals surface area contributed by atoms with Crippen molar-refractivity contribution in [3.05, 3.63) is 29.3 Å². The Hall–Kier alpha value is -1.16. The van der Waals surface area contributed by atoms with E-state index in [2.05, 4.69) is 12.2 Å². The fourth-order valence-electron chi connectivity index (χ4n) is 1.64. The Labute approximate surface area is 107 Å². The molecule has 0 aromatic heterocycles. The van der Waals surface area contributed by atoms with Crippen LogP contribution < -0.4 is 11.1 Å². The van der Waals surface area contributed by atoms with Gasteiger partial charge in [0.2, 0.25) is 5.91 Å². The van der Waals surface area contributed by atoms with Crippen molar-refractivity contribution in [3.8, 4) is 0 Å². The Kier molecular flexibility index (Phi) is 5.91. The molecule has 1 aromatic rings. The van der Waals surface area contributed by atoms with Gasteiger partial charge in [0, 0.05) is 17.8 Å². The Morgan fingerprint density at radius 1 is 1.47 bits per heavy atom. The third kappa shape index (κ3) is 4.30. The number of thioether (sulfide) groups is 1. The summed E-state index contributed by atoms with van der Waals surface area (Å²) in [5, 5.41) is 3.35. The highest BCUT2D eigenvalue weighted by Gasteiger charge is 2.07. The number of amides is 1. The minimum absolute atomic E-state index is 0.368. The Morgan fingerprint density at radius 3 is 2.88 bits per heavy atom. The molecule has 94 valence electrons. The second-order valence-electron chi connectivity index (χ2n) is 3.82. The summed E-state index contributed by atoms with van der Waals surface area (Å²) in [6.45, 7) is 5.01. The van der Waals surface area contributed by atoms with E-state index >= 15 is 0 Å². The molecule has 0 saturated heterocycles. The van der Waals surface area contributed by atoms with E-state index in [0.717, 1.165) is 35.7 Å². The maximum absolute atomic E-state index is 11.2. The van der Waals surface area contributed by atoms with Gasteiger partial charge in [-0.2, -0.15) is 11.8 Å². The minimum Gasteiger partial charge on any atom is -0.385 e. The predicted molar refractivity (Wildman–Crippen MR) is 75.8 cm³/mol. The van der Waals surface area contributed by atoms with Gasteiger partial charge in [-0.3, -0.25) is 4.79 Å². The van der Waals surface area contributed by atoms with Crippen LogP contribution in [0.3, 0.4) is 0 Å². The largest absolute Gasteiger partial charge is 0.385 e. The van der Waals surface area contributed by atoms with Gasteiger partial charge in [-0.15, -0.1) is 0 Å². The number of hydrogen-bond acceptors (Lipinski definition) is 3. The van der Waals surface area contributed by atoms with Gasteiger partial charge >= 0.3 is 0 Å². The molecule has 0 aliphatic rings. The van der Waals surface area contributed by atoms with Crippen molar-refractivity contribution in [2.24, 2.45) is 5.73 Å². The van der Waals surface area contributed by atoms with Gasteiger partial charge in [-0.05, 0) is 42.5 Å². The number of nitrogens with one attached hydrogen (secondary N) is 1. The average molecular weight is 252 g/mol. The van der Waals surface area contributed by atoms with Crippen LogP contribution in [0.5, 0.6) is 0 Å². The molecule has 0 spiro atoms.